The Morgan fingerprint density at radius 1 is 1.00 bits per heavy atom. The Balaban J connectivity index is 1.30. The van der Waals surface area contributed by atoms with E-state index in [1.807, 2.05) is 46.6 Å². The van der Waals surface area contributed by atoms with Crippen LogP contribution in [0.15, 0.2) is 30.3 Å². The predicted octanol–water partition coefficient (Wildman–Crippen LogP) is 5.68. The molecule has 5 nitrogen and oxygen atoms in total. The Bertz CT molecular complexity index is 1220. The normalized spacial score (nSPS) is 21.1. The molecule has 1 amide bonds. The highest BCUT2D eigenvalue weighted by Gasteiger charge is 2.35. The van der Waals surface area contributed by atoms with Gasteiger partial charge in [0.2, 0.25) is 0 Å². The first-order valence-electron chi connectivity index (χ1n) is 12.8. The van der Waals surface area contributed by atoms with Crippen molar-refractivity contribution in [2.75, 3.05) is 31.1 Å². The van der Waals surface area contributed by atoms with E-state index in [1.165, 1.54) is 39.9 Å². The molecular weight excluding hydrogens is 440 g/mol. The van der Waals surface area contributed by atoms with Crippen LogP contribution in [-0.4, -0.2) is 47.0 Å². The van der Waals surface area contributed by atoms with Crippen molar-refractivity contribution in [1.29, 1.82) is 0 Å². The van der Waals surface area contributed by atoms with Crippen molar-refractivity contribution < 1.29 is 4.79 Å². The Morgan fingerprint density at radius 2 is 1.74 bits per heavy atom. The number of anilines is 1. The highest BCUT2D eigenvalue weighted by Crippen LogP contribution is 2.47. The van der Waals surface area contributed by atoms with Gasteiger partial charge in [-0.15, -0.1) is 11.3 Å². The number of piperazine rings is 1. The van der Waals surface area contributed by atoms with Crippen LogP contribution in [0.1, 0.15) is 72.6 Å². The lowest BCUT2D eigenvalue weighted by molar-refractivity contribution is 0.0746. The summed E-state index contributed by atoms with van der Waals surface area (Å²) in [6, 6.07) is 9.65. The van der Waals surface area contributed by atoms with Gasteiger partial charge in [-0.2, -0.15) is 0 Å². The summed E-state index contributed by atoms with van der Waals surface area (Å²) in [5.74, 6) is 3.56. The molecule has 1 saturated heterocycles. The SMILES string of the molecule is CC(C)(C)[C@@H]1CCc2c(sc3nc(C4CC4)nc(N4CCN(C(=O)c5ccccc5)CC4)c23)C1. The van der Waals surface area contributed by atoms with E-state index in [1.54, 1.807) is 0 Å². The lowest BCUT2D eigenvalue weighted by atomic mass is 9.72. The molecule has 1 atom stereocenters. The fourth-order valence-corrected chi connectivity index (χ4v) is 6.85. The van der Waals surface area contributed by atoms with Crippen molar-refractivity contribution in [3.05, 3.63) is 52.2 Å². The molecule has 3 aliphatic rings. The molecule has 0 spiro atoms. The van der Waals surface area contributed by atoms with Crippen LogP contribution in [0.2, 0.25) is 0 Å². The largest absolute Gasteiger partial charge is 0.352 e. The molecule has 1 aromatic carbocycles. The molecule has 0 bridgehead atoms. The van der Waals surface area contributed by atoms with Crippen LogP contribution < -0.4 is 4.90 Å². The van der Waals surface area contributed by atoms with Crippen molar-refractivity contribution in [3.8, 4) is 0 Å². The van der Waals surface area contributed by atoms with Gasteiger partial charge < -0.3 is 9.80 Å². The first-order valence-corrected chi connectivity index (χ1v) is 13.6. The Kier molecular flexibility index (Phi) is 5.40. The Hall–Kier alpha value is -2.47. The van der Waals surface area contributed by atoms with E-state index < -0.39 is 0 Å². The molecular formula is C28H34N4OS. The number of thiophene rings is 1. The van der Waals surface area contributed by atoms with Gasteiger partial charge in [-0.1, -0.05) is 39.0 Å². The number of hydrogen-bond donors (Lipinski definition) is 0. The zero-order valence-electron chi connectivity index (χ0n) is 20.5. The van der Waals surface area contributed by atoms with Crippen molar-refractivity contribution in [1.82, 2.24) is 14.9 Å². The van der Waals surface area contributed by atoms with Crippen LogP contribution in [0.25, 0.3) is 10.2 Å². The molecule has 178 valence electrons. The first kappa shape index (κ1) is 22.0. The molecule has 6 rings (SSSR count). The van der Waals surface area contributed by atoms with E-state index in [0.717, 1.165) is 62.1 Å². The van der Waals surface area contributed by atoms with Gasteiger partial charge in [0.05, 0.1) is 5.39 Å². The lowest BCUT2D eigenvalue weighted by Gasteiger charge is -2.36. The third kappa shape index (κ3) is 4.00. The number of rotatable bonds is 3. The van der Waals surface area contributed by atoms with Gasteiger partial charge >= 0.3 is 0 Å². The molecule has 34 heavy (non-hydrogen) atoms. The smallest absolute Gasteiger partial charge is 0.253 e. The zero-order valence-corrected chi connectivity index (χ0v) is 21.3. The van der Waals surface area contributed by atoms with Gasteiger partial charge in [-0.25, -0.2) is 9.97 Å². The van der Waals surface area contributed by atoms with Crippen LogP contribution >= 0.6 is 11.3 Å². The zero-order chi connectivity index (χ0) is 23.4. The second-order valence-electron chi connectivity index (χ2n) is 11.3. The predicted molar refractivity (Wildman–Crippen MR) is 139 cm³/mol. The fraction of sp³-hybridized carbons (Fsp3) is 0.536. The molecule has 3 aromatic rings. The fourth-order valence-electron chi connectivity index (χ4n) is 5.55. The van der Waals surface area contributed by atoms with Crippen LogP contribution in [0, 0.1) is 11.3 Å². The van der Waals surface area contributed by atoms with Gasteiger partial charge in [-0.3, -0.25) is 4.79 Å². The average molecular weight is 475 g/mol. The summed E-state index contributed by atoms with van der Waals surface area (Å²) < 4.78 is 0. The molecule has 1 saturated carbocycles. The van der Waals surface area contributed by atoms with Crippen molar-refractivity contribution in [2.24, 2.45) is 11.3 Å². The van der Waals surface area contributed by atoms with Crippen LogP contribution in [0.4, 0.5) is 5.82 Å². The van der Waals surface area contributed by atoms with Crippen LogP contribution in [0.5, 0.6) is 0 Å². The highest BCUT2D eigenvalue weighted by molar-refractivity contribution is 7.19. The summed E-state index contributed by atoms with van der Waals surface area (Å²) in [4.78, 5) is 30.3. The Morgan fingerprint density at radius 3 is 2.41 bits per heavy atom. The summed E-state index contributed by atoms with van der Waals surface area (Å²) in [6.45, 7) is 10.2. The van der Waals surface area contributed by atoms with E-state index >= 15 is 0 Å². The molecule has 3 heterocycles. The molecule has 0 N–H and O–H groups in total. The number of fused-ring (bicyclic) bond motifs is 3. The number of amides is 1. The van der Waals surface area contributed by atoms with E-state index in [9.17, 15) is 4.79 Å². The minimum absolute atomic E-state index is 0.132. The van der Waals surface area contributed by atoms with Crippen LogP contribution in [0.3, 0.4) is 0 Å². The molecule has 0 radical (unpaired) electrons. The number of aryl methyl sites for hydroxylation is 1. The van der Waals surface area contributed by atoms with Crippen molar-refractivity contribution >= 4 is 33.3 Å². The molecule has 6 heteroatoms. The number of nitrogens with zero attached hydrogens (tertiary/aromatic N) is 4. The maximum atomic E-state index is 13.0. The molecule has 2 aromatic heterocycles. The molecule has 2 fully saturated rings. The van der Waals surface area contributed by atoms with Gasteiger partial charge in [0.25, 0.3) is 5.91 Å². The summed E-state index contributed by atoms with van der Waals surface area (Å²) in [7, 11) is 0. The lowest BCUT2D eigenvalue weighted by Crippen LogP contribution is -2.49. The summed E-state index contributed by atoms with van der Waals surface area (Å²) in [5.41, 5.74) is 2.61. The maximum absolute atomic E-state index is 13.0. The Labute approximate surface area is 206 Å². The summed E-state index contributed by atoms with van der Waals surface area (Å²) >= 11 is 1.92. The first-order chi connectivity index (χ1) is 16.4. The van der Waals surface area contributed by atoms with Gasteiger partial charge in [-0.05, 0) is 61.1 Å². The van der Waals surface area contributed by atoms with E-state index in [-0.39, 0.29) is 5.91 Å². The number of benzene rings is 1. The van der Waals surface area contributed by atoms with Crippen molar-refractivity contribution in [3.63, 3.8) is 0 Å². The standard InChI is InChI=1S/C28H34N4OS/c1-28(2,3)20-11-12-21-22(17-20)34-26-23(21)25(29-24(30-26)18-9-10-18)31-13-15-32(16-14-31)27(33)19-7-5-4-6-8-19/h4-8,18,20H,9-17H2,1-3H3/t20-/m1/s1. The number of hydrogen-bond acceptors (Lipinski definition) is 5. The molecule has 0 unspecified atom stereocenters. The topological polar surface area (TPSA) is 49.3 Å². The summed E-state index contributed by atoms with van der Waals surface area (Å²) in [6.07, 6.45) is 5.95. The minimum atomic E-state index is 0.132. The van der Waals surface area contributed by atoms with E-state index in [0.29, 0.717) is 11.3 Å². The number of carbonyl (C=O) groups excluding carboxylic acids is 1. The van der Waals surface area contributed by atoms with E-state index in [2.05, 4.69) is 25.7 Å². The monoisotopic (exact) mass is 474 g/mol. The molecule has 2 aliphatic carbocycles. The average Bonchev–Trinajstić information content (AvgIpc) is 3.63. The quantitative estimate of drug-likeness (QED) is 0.490. The van der Waals surface area contributed by atoms with Gasteiger partial charge in [0.15, 0.2) is 0 Å². The third-order valence-corrected chi connectivity index (χ3v) is 9.11. The second-order valence-corrected chi connectivity index (χ2v) is 12.4. The van der Waals surface area contributed by atoms with Crippen LogP contribution in [-0.2, 0) is 12.8 Å². The van der Waals surface area contributed by atoms with Crippen molar-refractivity contribution in [2.45, 2.75) is 58.8 Å². The highest BCUT2D eigenvalue weighted by atomic mass is 32.1. The minimum Gasteiger partial charge on any atom is -0.352 e. The number of carbonyl (C=O) groups is 1. The van der Waals surface area contributed by atoms with E-state index in [4.69, 9.17) is 9.97 Å². The van der Waals surface area contributed by atoms with Gasteiger partial charge in [0.1, 0.15) is 16.5 Å². The van der Waals surface area contributed by atoms with Gasteiger partial charge in [0, 0.05) is 42.5 Å². The summed E-state index contributed by atoms with van der Waals surface area (Å²) in [5, 5.41) is 1.31. The second kappa shape index (κ2) is 8.33. The third-order valence-electron chi connectivity index (χ3n) is 7.96. The number of aromatic nitrogens is 2. The maximum Gasteiger partial charge on any atom is 0.253 e. The molecule has 1 aliphatic heterocycles.